The van der Waals surface area contributed by atoms with Crippen LogP contribution in [0.15, 0.2) is 29.7 Å². The number of halogens is 2. The number of amides is 1. The van der Waals surface area contributed by atoms with Crippen molar-refractivity contribution in [3.63, 3.8) is 0 Å². The first-order valence-corrected chi connectivity index (χ1v) is 8.05. The van der Waals surface area contributed by atoms with E-state index in [0.717, 1.165) is 17.3 Å². The molecular weight excluding hydrogens is 331 g/mol. The van der Waals surface area contributed by atoms with E-state index in [4.69, 9.17) is 23.2 Å². The van der Waals surface area contributed by atoms with Crippen LogP contribution in [0.1, 0.15) is 12.5 Å². The molecule has 0 fully saturated rings. The van der Waals surface area contributed by atoms with Crippen molar-refractivity contribution in [3.8, 4) is 0 Å². The molecule has 0 aliphatic heterocycles. The molecule has 1 N–H and O–H groups in total. The number of aryl methyl sites for hydroxylation is 1. The van der Waals surface area contributed by atoms with E-state index in [9.17, 15) is 4.79 Å². The summed E-state index contributed by atoms with van der Waals surface area (Å²) in [7, 11) is 0. The maximum Gasteiger partial charge on any atom is 0.230 e. The largest absolute Gasteiger partial charge is 0.351 e. The van der Waals surface area contributed by atoms with Crippen LogP contribution in [0.2, 0.25) is 10.0 Å². The smallest absolute Gasteiger partial charge is 0.230 e. The van der Waals surface area contributed by atoms with Crippen molar-refractivity contribution < 1.29 is 4.79 Å². The summed E-state index contributed by atoms with van der Waals surface area (Å²) in [4.78, 5) is 11.8. The molecule has 1 amide bonds. The van der Waals surface area contributed by atoms with Gasteiger partial charge >= 0.3 is 0 Å². The van der Waals surface area contributed by atoms with Gasteiger partial charge in [-0.05, 0) is 24.6 Å². The standard InChI is InChI=1S/C13H14Cl2N4OS/c1-2-19-8-17-18-13(19)21-7-12(20)16-6-9-3-4-10(14)5-11(9)15/h3-5,8H,2,6-7H2,1H3,(H,16,20). The first-order valence-electron chi connectivity index (χ1n) is 6.31. The molecule has 0 aliphatic carbocycles. The van der Waals surface area contributed by atoms with Crippen molar-refractivity contribution in [2.75, 3.05) is 5.75 Å². The zero-order valence-electron chi connectivity index (χ0n) is 11.3. The van der Waals surface area contributed by atoms with Crippen molar-refractivity contribution in [2.24, 2.45) is 0 Å². The first-order chi connectivity index (χ1) is 10.1. The Morgan fingerprint density at radius 2 is 2.24 bits per heavy atom. The summed E-state index contributed by atoms with van der Waals surface area (Å²) >= 11 is 13.2. The zero-order valence-corrected chi connectivity index (χ0v) is 13.7. The summed E-state index contributed by atoms with van der Waals surface area (Å²) in [5.41, 5.74) is 0.830. The second-order valence-electron chi connectivity index (χ2n) is 4.20. The number of aromatic nitrogens is 3. The number of nitrogens with zero attached hydrogens (tertiary/aromatic N) is 3. The Hall–Kier alpha value is -1.24. The fraction of sp³-hybridized carbons (Fsp3) is 0.308. The molecule has 0 saturated carbocycles. The summed E-state index contributed by atoms with van der Waals surface area (Å²) in [6, 6.07) is 5.20. The maximum atomic E-state index is 11.8. The molecule has 1 aromatic carbocycles. The Labute approximate surface area is 137 Å². The Kier molecular flexibility index (Phi) is 5.90. The van der Waals surface area contributed by atoms with Crippen molar-refractivity contribution >= 4 is 40.9 Å². The van der Waals surface area contributed by atoms with E-state index in [-0.39, 0.29) is 11.7 Å². The van der Waals surface area contributed by atoms with Crippen molar-refractivity contribution in [1.82, 2.24) is 20.1 Å². The first kappa shape index (κ1) is 16.1. The molecule has 0 unspecified atom stereocenters. The number of hydrogen-bond acceptors (Lipinski definition) is 4. The van der Waals surface area contributed by atoms with Gasteiger partial charge in [0.15, 0.2) is 5.16 Å². The summed E-state index contributed by atoms with van der Waals surface area (Å²) < 4.78 is 1.88. The molecule has 0 radical (unpaired) electrons. The summed E-state index contributed by atoms with van der Waals surface area (Å²) in [6.45, 7) is 3.14. The van der Waals surface area contributed by atoms with Gasteiger partial charge in [-0.1, -0.05) is 41.0 Å². The molecule has 1 aromatic heterocycles. The lowest BCUT2D eigenvalue weighted by atomic mass is 10.2. The van der Waals surface area contributed by atoms with Crippen LogP contribution in [-0.2, 0) is 17.9 Å². The van der Waals surface area contributed by atoms with E-state index in [0.29, 0.717) is 16.6 Å². The highest BCUT2D eigenvalue weighted by molar-refractivity contribution is 7.99. The van der Waals surface area contributed by atoms with Gasteiger partial charge in [-0.25, -0.2) is 0 Å². The molecule has 2 rings (SSSR count). The number of carbonyl (C=O) groups excluding carboxylic acids is 1. The van der Waals surface area contributed by atoms with Crippen molar-refractivity contribution in [3.05, 3.63) is 40.1 Å². The lowest BCUT2D eigenvalue weighted by Gasteiger charge is -2.07. The van der Waals surface area contributed by atoms with E-state index in [1.807, 2.05) is 11.5 Å². The molecular formula is C13H14Cl2N4OS. The number of nitrogens with one attached hydrogen (secondary N) is 1. The van der Waals surface area contributed by atoms with Gasteiger partial charge in [-0.3, -0.25) is 4.79 Å². The van der Waals surface area contributed by atoms with Crippen LogP contribution < -0.4 is 5.32 Å². The van der Waals surface area contributed by atoms with Crippen LogP contribution in [-0.4, -0.2) is 26.4 Å². The minimum Gasteiger partial charge on any atom is -0.351 e. The van der Waals surface area contributed by atoms with E-state index >= 15 is 0 Å². The quantitative estimate of drug-likeness (QED) is 0.818. The third-order valence-corrected chi connectivity index (χ3v) is 4.31. The van der Waals surface area contributed by atoms with Gasteiger partial charge in [0.2, 0.25) is 5.91 Å². The number of rotatable bonds is 6. The van der Waals surface area contributed by atoms with Crippen LogP contribution in [0.4, 0.5) is 0 Å². The van der Waals surface area contributed by atoms with Crippen molar-refractivity contribution in [1.29, 1.82) is 0 Å². The Morgan fingerprint density at radius 1 is 1.43 bits per heavy atom. The molecule has 1 heterocycles. The van der Waals surface area contributed by atoms with Gasteiger partial charge in [0, 0.05) is 23.1 Å². The van der Waals surface area contributed by atoms with Gasteiger partial charge in [0.25, 0.3) is 0 Å². The lowest BCUT2D eigenvalue weighted by Crippen LogP contribution is -2.24. The van der Waals surface area contributed by atoms with Crippen LogP contribution in [0.5, 0.6) is 0 Å². The van der Waals surface area contributed by atoms with Crippen LogP contribution in [0.3, 0.4) is 0 Å². The zero-order chi connectivity index (χ0) is 15.2. The number of thioether (sulfide) groups is 1. The molecule has 21 heavy (non-hydrogen) atoms. The molecule has 2 aromatic rings. The number of benzene rings is 1. The third-order valence-electron chi connectivity index (χ3n) is 2.74. The van der Waals surface area contributed by atoms with Gasteiger partial charge < -0.3 is 9.88 Å². The predicted octanol–water partition coefficient (Wildman–Crippen LogP) is 3.01. The van der Waals surface area contributed by atoms with Crippen molar-refractivity contribution in [2.45, 2.75) is 25.2 Å². The van der Waals surface area contributed by atoms with Gasteiger partial charge in [0.05, 0.1) is 5.75 Å². The third kappa shape index (κ3) is 4.62. The minimum absolute atomic E-state index is 0.0864. The summed E-state index contributed by atoms with van der Waals surface area (Å²) in [5.74, 6) is 0.195. The second-order valence-corrected chi connectivity index (χ2v) is 5.99. The molecule has 0 bridgehead atoms. The van der Waals surface area contributed by atoms with Crippen LogP contribution >= 0.6 is 35.0 Å². The van der Waals surface area contributed by atoms with Gasteiger partial charge in [-0.15, -0.1) is 10.2 Å². The normalized spacial score (nSPS) is 10.6. The van der Waals surface area contributed by atoms with E-state index in [1.165, 1.54) is 11.8 Å². The highest BCUT2D eigenvalue weighted by atomic mass is 35.5. The fourth-order valence-electron chi connectivity index (χ4n) is 1.61. The maximum absolute atomic E-state index is 11.8. The summed E-state index contributed by atoms with van der Waals surface area (Å²) in [5, 5.41) is 12.4. The average molecular weight is 345 g/mol. The van der Waals surface area contributed by atoms with E-state index < -0.39 is 0 Å². The fourth-order valence-corrected chi connectivity index (χ4v) is 2.90. The number of hydrogen-bond donors (Lipinski definition) is 1. The monoisotopic (exact) mass is 344 g/mol. The summed E-state index contributed by atoms with van der Waals surface area (Å²) in [6.07, 6.45) is 1.65. The number of carbonyl (C=O) groups is 1. The van der Waals surface area contributed by atoms with Crippen LogP contribution in [0, 0.1) is 0 Å². The molecule has 5 nitrogen and oxygen atoms in total. The highest BCUT2D eigenvalue weighted by Crippen LogP contribution is 2.21. The molecule has 0 aliphatic rings. The highest BCUT2D eigenvalue weighted by Gasteiger charge is 2.08. The second kappa shape index (κ2) is 7.68. The molecule has 0 atom stereocenters. The Morgan fingerprint density at radius 3 is 2.95 bits per heavy atom. The molecule has 8 heteroatoms. The lowest BCUT2D eigenvalue weighted by molar-refractivity contribution is -0.118. The predicted molar refractivity (Wildman–Crippen MR) is 84.7 cm³/mol. The Balaban J connectivity index is 1.82. The molecule has 0 spiro atoms. The van der Waals surface area contributed by atoms with Gasteiger partial charge in [-0.2, -0.15) is 0 Å². The average Bonchev–Trinajstić information content (AvgIpc) is 2.91. The van der Waals surface area contributed by atoms with Gasteiger partial charge in [0.1, 0.15) is 6.33 Å². The van der Waals surface area contributed by atoms with E-state index in [2.05, 4.69) is 15.5 Å². The molecule has 0 saturated heterocycles. The molecule has 112 valence electrons. The SMILES string of the molecule is CCn1cnnc1SCC(=O)NCc1ccc(Cl)cc1Cl. The van der Waals surface area contributed by atoms with Crippen LogP contribution in [0.25, 0.3) is 0 Å². The topological polar surface area (TPSA) is 59.8 Å². The Bertz CT molecular complexity index is 632. The van der Waals surface area contributed by atoms with E-state index in [1.54, 1.807) is 24.5 Å². The minimum atomic E-state index is -0.0864.